The fourth-order valence-electron chi connectivity index (χ4n) is 1.60. The van der Waals surface area contributed by atoms with E-state index >= 15 is 0 Å². The number of halogens is 1. The van der Waals surface area contributed by atoms with Crippen LogP contribution in [0.15, 0.2) is 21.3 Å². The largest absolute Gasteiger partial charge is 0.469 e. The predicted molar refractivity (Wildman–Crippen MR) is 87.0 cm³/mol. The number of nitrogens with one attached hydrogen (secondary N) is 1. The molecule has 0 aliphatic carbocycles. The molecule has 5 nitrogen and oxygen atoms in total. The number of thiazole rings is 1. The Labute approximate surface area is 138 Å². The Bertz CT molecular complexity index is 639. The number of thiophene rings is 1. The molecule has 0 saturated carbocycles. The molecule has 0 bridgehead atoms. The van der Waals surface area contributed by atoms with Gasteiger partial charge in [-0.15, -0.1) is 22.7 Å². The first-order chi connectivity index (χ1) is 10.1. The molecule has 2 aromatic heterocycles. The molecule has 2 aromatic rings. The van der Waals surface area contributed by atoms with Crippen LogP contribution in [-0.4, -0.2) is 24.0 Å². The zero-order valence-corrected chi connectivity index (χ0v) is 14.4. The maximum atomic E-state index is 12.0. The van der Waals surface area contributed by atoms with Gasteiger partial charge in [-0.3, -0.25) is 14.9 Å². The summed E-state index contributed by atoms with van der Waals surface area (Å²) >= 11 is 6.07. The van der Waals surface area contributed by atoms with Gasteiger partial charge >= 0.3 is 5.97 Å². The summed E-state index contributed by atoms with van der Waals surface area (Å²) in [6.07, 6.45) is 1.74. The quantitative estimate of drug-likeness (QED) is 0.765. The van der Waals surface area contributed by atoms with Gasteiger partial charge < -0.3 is 4.74 Å². The Balaban J connectivity index is 1.87. The summed E-state index contributed by atoms with van der Waals surface area (Å²) in [5.74, 6) is -0.395. The molecule has 2 rings (SSSR count). The van der Waals surface area contributed by atoms with Gasteiger partial charge in [-0.25, -0.2) is 4.98 Å². The van der Waals surface area contributed by atoms with Crippen molar-refractivity contribution < 1.29 is 14.3 Å². The standard InChI is InChI=1S/C13H13BrN2O3S2/c1-19-10(17)4-2-3-8-7-21-13(15-8)16-12(18)11-9(14)5-6-20-11/h5-7H,2-4H2,1H3,(H,15,16,18). The Hall–Kier alpha value is -1.25. The number of aromatic nitrogens is 1. The third-order valence-corrected chi connectivity index (χ3v) is 5.28. The minimum atomic E-state index is -0.221. The lowest BCUT2D eigenvalue weighted by atomic mass is 10.2. The lowest BCUT2D eigenvalue weighted by Crippen LogP contribution is -2.10. The van der Waals surface area contributed by atoms with Gasteiger partial charge in [0.05, 0.1) is 12.8 Å². The molecule has 0 fully saturated rings. The van der Waals surface area contributed by atoms with Crippen molar-refractivity contribution in [1.29, 1.82) is 0 Å². The van der Waals surface area contributed by atoms with E-state index < -0.39 is 0 Å². The van der Waals surface area contributed by atoms with Crippen molar-refractivity contribution in [3.8, 4) is 0 Å². The van der Waals surface area contributed by atoms with E-state index in [9.17, 15) is 9.59 Å². The number of methoxy groups -OCH3 is 1. The molecular weight excluding hydrogens is 376 g/mol. The highest BCUT2D eigenvalue weighted by atomic mass is 79.9. The zero-order valence-electron chi connectivity index (χ0n) is 11.2. The molecule has 0 atom stereocenters. The molecular formula is C13H13BrN2O3S2. The Kier molecular flexibility index (Phi) is 5.89. The van der Waals surface area contributed by atoms with E-state index in [0.29, 0.717) is 29.3 Å². The smallest absolute Gasteiger partial charge is 0.305 e. The number of esters is 1. The van der Waals surface area contributed by atoms with Gasteiger partial charge in [0, 0.05) is 16.3 Å². The summed E-state index contributed by atoms with van der Waals surface area (Å²) < 4.78 is 5.36. The summed E-state index contributed by atoms with van der Waals surface area (Å²) in [6, 6.07) is 1.83. The Morgan fingerprint density at radius 3 is 2.90 bits per heavy atom. The molecule has 1 N–H and O–H groups in total. The Morgan fingerprint density at radius 1 is 1.43 bits per heavy atom. The average Bonchev–Trinajstić information content (AvgIpc) is 3.07. The van der Waals surface area contributed by atoms with Crippen LogP contribution in [0.4, 0.5) is 5.13 Å². The number of carbonyl (C=O) groups is 2. The molecule has 1 amide bonds. The predicted octanol–water partition coefficient (Wildman–Crippen LogP) is 3.72. The Morgan fingerprint density at radius 2 is 2.24 bits per heavy atom. The van der Waals surface area contributed by atoms with Gasteiger partial charge in [-0.1, -0.05) is 0 Å². The van der Waals surface area contributed by atoms with Crippen LogP contribution in [0.1, 0.15) is 28.2 Å². The van der Waals surface area contributed by atoms with Gasteiger partial charge in [-0.05, 0) is 40.2 Å². The van der Waals surface area contributed by atoms with E-state index in [1.165, 1.54) is 29.8 Å². The van der Waals surface area contributed by atoms with Gasteiger partial charge in [0.2, 0.25) is 0 Å². The highest BCUT2D eigenvalue weighted by molar-refractivity contribution is 9.10. The third-order valence-electron chi connectivity index (χ3n) is 2.64. The normalized spacial score (nSPS) is 10.4. The molecule has 0 radical (unpaired) electrons. The number of hydrogen-bond donors (Lipinski definition) is 1. The SMILES string of the molecule is COC(=O)CCCc1csc(NC(=O)c2sccc2Br)n1. The van der Waals surface area contributed by atoms with Crippen molar-refractivity contribution in [3.05, 3.63) is 31.9 Å². The minimum Gasteiger partial charge on any atom is -0.469 e. The number of amides is 1. The number of anilines is 1. The van der Waals surface area contributed by atoms with Crippen LogP contribution in [0.3, 0.4) is 0 Å². The van der Waals surface area contributed by atoms with E-state index in [4.69, 9.17) is 0 Å². The molecule has 2 heterocycles. The summed E-state index contributed by atoms with van der Waals surface area (Å²) in [7, 11) is 1.38. The summed E-state index contributed by atoms with van der Waals surface area (Å²) in [4.78, 5) is 28.0. The van der Waals surface area contributed by atoms with Crippen LogP contribution >= 0.6 is 38.6 Å². The van der Waals surface area contributed by atoms with Crippen molar-refractivity contribution in [2.75, 3.05) is 12.4 Å². The van der Waals surface area contributed by atoms with E-state index in [1.54, 1.807) is 0 Å². The van der Waals surface area contributed by atoms with Crippen molar-refractivity contribution >= 4 is 55.6 Å². The molecule has 8 heteroatoms. The first-order valence-electron chi connectivity index (χ1n) is 6.15. The fourth-order valence-corrected chi connectivity index (χ4v) is 3.79. The first kappa shape index (κ1) is 16.1. The topological polar surface area (TPSA) is 68.3 Å². The average molecular weight is 389 g/mol. The van der Waals surface area contributed by atoms with E-state index in [2.05, 4.69) is 31.0 Å². The van der Waals surface area contributed by atoms with Crippen LogP contribution in [-0.2, 0) is 16.0 Å². The number of aryl methyl sites for hydroxylation is 1. The molecule has 0 spiro atoms. The van der Waals surface area contributed by atoms with Gasteiger partial charge in [0.15, 0.2) is 5.13 Å². The molecule has 112 valence electrons. The van der Waals surface area contributed by atoms with E-state index in [-0.39, 0.29) is 11.9 Å². The van der Waals surface area contributed by atoms with Gasteiger partial charge in [-0.2, -0.15) is 0 Å². The number of rotatable bonds is 6. The molecule has 0 aliphatic rings. The van der Waals surface area contributed by atoms with Crippen LogP contribution < -0.4 is 5.32 Å². The first-order valence-corrected chi connectivity index (χ1v) is 8.71. The second kappa shape index (κ2) is 7.67. The van der Waals surface area contributed by atoms with Crippen LogP contribution in [0.2, 0.25) is 0 Å². The van der Waals surface area contributed by atoms with Crippen LogP contribution in [0.25, 0.3) is 0 Å². The van der Waals surface area contributed by atoms with Crippen LogP contribution in [0.5, 0.6) is 0 Å². The maximum absolute atomic E-state index is 12.0. The molecule has 0 aliphatic heterocycles. The third kappa shape index (κ3) is 4.62. The fraction of sp³-hybridized carbons (Fsp3) is 0.308. The lowest BCUT2D eigenvalue weighted by Gasteiger charge is -1.99. The summed E-state index contributed by atoms with van der Waals surface area (Å²) in [5, 5.41) is 7.07. The van der Waals surface area contributed by atoms with Crippen molar-refractivity contribution in [2.24, 2.45) is 0 Å². The van der Waals surface area contributed by atoms with Crippen molar-refractivity contribution in [3.63, 3.8) is 0 Å². The van der Waals surface area contributed by atoms with Gasteiger partial charge in [0.25, 0.3) is 5.91 Å². The molecule has 21 heavy (non-hydrogen) atoms. The molecule has 0 aromatic carbocycles. The van der Waals surface area contributed by atoms with Crippen molar-refractivity contribution in [1.82, 2.24) is 4.98 Å². The van der Waals surface area contributed by atoms with E-state index in [1.807, 2.05) is 16.8 Å². The highest BCUT2D eigenvalue weighted by Crippen LogP contribution is 2.25. The highest BCUT2D eigenvalue weighted by Gasteiger charge is 2.13. The lowest BCUT2D eigenvalue weighted by molar-refractivity contribution is -0.140. The van der Waals surface area contributed by atoms with Crippen LogP contribution in [0, 0.1) is 0 Å². The monoisotopic (exact) mass is 388 g/mol. The van der Waals surface area contributed by atoms with Crippen molar-refractivity contribution in [2.45, 2.75) is 19.3 Å². The van der Waals surface area contributed by atoms with Gasteiger partial charge in [0.1, 0.15) is 4.88 Å². The summed E-state index contributed by atoms with van der Waals surface area (Å²) in [6.45, 7) is 0. The molecule has 0 saturated heterocycles. The summed E-state index contributed by atoms with van der Waals surface area (Å²) in [5.41, 5.74) is 0.865. The second-order valence-corrected chi connectivity index (χ2v) is 6.75. The van der Waals surface area contributed by atoms with E-state index in [0.717, 1.165) is 10.2 Å². The molecule has 0 unspecified atom stereocenters. The number of carbonyl (C=O) groups excluding carboxylic acids is 2. The number of hydrogen-bond acceptors (Lipinski definition) is 6. The number of nitrogens with zero attached hydrogens (tertiary/aromatic N) is 1. The second-order valence-electron chi connectivity index (χ2n) is 4.13. The number of ether oxygens (including phenoxy) is 1. The minimum absolute atomic E-state index is 0.174. The zero-order chi connectivity index (χ0) is 15.2. The maximum Gasteiger partial charge on any atom is 0.305 e.